The molecule has 0 radical (unpaired) electrons. The van der Waals surface area contributed by atoms with Gasteiger partial charge in [0.05, 0.1) is 5.92 Å². The van der Waals surface area contributed by atoms with Crippen molar-refractivity contribution in [2.45, 2.75) is 54.1 Å². The number of aryl methyl sites for hydroxylation is 2. The minimum Gasteiger partial charge on any atom is -0.457 e. The quantitative estimate of drug-likeness (QED) is 0.823. The molecule has 1 aliphatic rings. The van der Waals surface area contributed by atoms with Gasteiger partial charge < -0.3 is 4.74 Å². The lowest BCUT2D eigenvalue weighted by atomic mass is 9.69. The monoisotopic (exact) mass is 355 g/mol. The summed E-state index contributed by atoms with van der Waals surface area (Å²) in [5.74, 6) is 2.50. The fourth-order valence-corrected chi connectivity index (χ4v) is 4.38. The van der Waals surface area contributed by atoms with E-state index in [0.29, 0.717) is 29.4 Å². The van der Waals surface area contributed by atoms with Gasteiger partial charge in [0.2, 0.25) is 0 Å². The van der Waals surface area contributed by atoms with Gasteiger partial charge >= 0.3 is 5.97 Å². The molecule has 1 aromatic carbocycles. The van der Waals surface area contributed by atoms with E-state index < -0.39 is 0 Å². The van der Waals surface area contributed by atoms with Crippen LogP contribution in [0.5, 0.6) is 0 Å². The Bertz CT molecular complexity index is 771. The van der Waals surface area contributed by atoms with Crippen molar-refractivity contribution in [3.8, 4) is 11.4 Å². The number of aromatic nitrogens is 3. The van der Waals surface area contributed by atoms with Crippen LogP contribution in [0.2, 0.25) is 0 Å². The lowest BCUT2D eigenvalue weighted by molar-refractivity contribution is -0.156. The maximum atomic E-state index is 12.6. The largest absolute Gasteiger partial charge is 0.457 e. The van der Waals surface area contributed by atoms with E-state index in [9.17, 15) is 4.79 Å². The van der Waals surface area contributed by atoms with E-state index in [4.69, 9.17) is 4.74 Å². The first-order valence-electron chi connectivity index (χ1n) is 9.50. The van der Waals surface area contributed by atoms with Gasteiger partial charge in [0.25, 0.3) is 0 Å². The van der Waals surface area contributed by atoms with Crippen molar-refractivity contribution in [3.05, 3.63) is 35.2 Å². The molecule has 26 heavy (non-hydrogen) atoms. The first kappa shape index (κ1) is 18.6. The number of hydrogen-bond acceptors (Lipinski definition) is 4. The fraction of sp³-hybridized carbons (Fsp3) is 0.571. The van der Waals surface area contributed by atoms with Crippen molar-refractivity contribution in [3.63, 3.8) is 0 Å². The Hall–Kier alpha value is -2.17. The number of esters is 1. The normalized spacial score (nSPS) is 25.9. The zero-order valence-corrected chi connectivity index (χ0v) is 16.4. The molecule has 0 aliphatic heterocycles. The van der Waals surface area contributed by atoms with E-state index in [1.807, 2.05) is 13.8 Å². The molecule has 5 nitrogen and oxygen atoms in total. The van der Waals surface area contributed by atoms with Gasteiger partial charge in [-0.15, -0.1) is 0 Å². The van der Waals surface area contributed by atoms with E-state index in [-0.39, 0.29) is 18.5 Å². The number of benzene rings is 1. The van der Waals surface area contributed by atoms with Gasteiger partial charge in [0.1, 0.15) is 0 Å². The van der Waals surface area contributed by atoms with Crippen molar-refractivity contribution in [1.29, 1.82) is 0 Å². The number of nitrogens with zero attached hydrogens (tertiary/aromatic N) is 2. The molecule has 0 saturated heterocycles. The molecule has 1 fully saturated rings. The second-order valence-electron chi connectivity index (χ2n) is 8.09. The Morgan fingerprint density at radius 1 is 1.19 bits per heavy atom. The van der Waals surface area contributed by atoms with Crippen molar-refractivity contribution in [2.24, 2.45) is 23.7 Å². The fourth-order valence-electron chi connectivity index (χ4n) is 4.38. The van der Waals surface area contributed by atoms with Crippen LogP contribution in [-0.4, -0.2) is 21.2 Å². The van der Waals surface area contributed by atoms with Crippen LogP contribution in [0.15, 0.2) is 18.2 Å². The average molecular weight is 355 g/mol. The first-order chi connectivity index (χ1) is 12.3. The highest BCUT2D eigenvalue weighted by Crippen LogP contribution is 2.38. The van der Waals surface area contributed by atoms with Crippen LogP contribution in [0, 0.1) is 37.5 Å². The topological polar surface area (TPSA) is 67.9 Å². The molecule has 0 spiro atoms. The third kappa shape index (κ3) is 3.97. The number of aromatic amines is 1. The molecule has 1 heterocycles. The summed E-state index contributed by atoms with van der Waals surface area (Å²) < 4.78 is 5.57. The first-order valence-corrected chi connectivity index (χ1v) is 9.50. The van der Waals surface area contributed by atoms with Crippen molar-refractivity contribution in [1.82, 2.24) is 15.2 Å². The standard InChI is InChI=1S/C21H29N3O2/c1-12-6-7-14(3)17(10-12)20-22-18(23-24-20)11-26-21(25)19-15(4)8-13(2)9-16(19)5/h6-7,10,13,15-16,19H,8-9,11H2,1-5H3,(H,22,23,24). The summed E-state index contributed by atoms with van der Waals surface area (Å²) in [6.45, 7) is 10.8. The molecule has 0 amide bonds. The molecule has 2 unspecified atom stereocenters. The Morgan fingerprint density at radius 2 is 1.88 bits per heavy atom. The van der Waals surface area contributed by atoms with Crippen LogP contribution in [0.3, 0.4) is 0 Å². The molecule has 1 aromatic heterocycles. The van der Waals surface area contributed by atoms with Crippen LogP contribution >= 0.6 is 0 Å². The van der Waals surface area contributed by atoms with Crippen LogP contribution in [0.1, 0.15) is 50.6 Å². The number of hydrogen-bond donors (Lipinski definition) is 1. The number of ether oxygens (including phenoxy) is 1. The molecule has 3 rings (SSSR count). The van der Waals surface area contributed by atoms with Crippen molar-refractivity contribution < 1.29 is 9.53 Å². The maximum absolute atomic E-state index is 12.6. The summed E-state index contributed by atoms with van der Waals surface area (Å²) in [4.78, 5) is 17.1. The highest BCUT2D eigenvalue weighted by atomic mass is 16.5. The molecule has 2 aromatic rings. The van der Waals surface area contributed by atoms with Crippen LogP contribution in [0.25, 0.3) is 11.4 Å². The maximum Gasteiger partial charge on any atom is 0.309 e. The van der Waals surface area contributed by atoms with Crippen LogP contribution in [0.4, 0.5) is 0 Å². The molecular weight excluding hydrogens is 326 g/mol. The van der Waals surface area contributed by atoms with Gasteiger partial charge in [0.15, 0.2) is 18.3 Å². The smallest absolute Gasteiger partial charge is 0.309 e. The zero-order valence-electron chi connectivity index (χ0n) is 16.4. The number of H-pyrrole nitrogens is 1. The molecule has 140 valence electrons. The van der Waals surface area contributed by atoms with Crippen LogP contribution in [-0.2, 0) is 16.1 Å². The number of nitrogens with one attached hydrogen (secondary N) is 1. The predicted octanol–water partition coefficient (Wildman–Crippen LogP) is 4.45. The van der Waals surface area contributed by atoms with Crippen molar-refractivity contribution in [2.75, 3.05) is 0 Å². The van der Waals surface area contributed by atoms with E-state index >= 15 is 0 Å². The van der Waals surface area contributed by atoms with E-state index in [1.165, 1.54) is 0 Å². The highest BCUT2D eigenvalue weighted by molar-refractivity contribution is 5.73. The van der Waals surface area contributed by atoms with Gasteiger partial charge in [-0.25, -0.2) is 4.98 Å². The summed E-state index contributed by atoms with van der Waals surface area (Å²) in [6, 6.07) is 6.20. The van der Waals surface area contributed by atoms with Gasteiger partial charge in [-0.2, -0.15) is 5.10 Å². The lowest BCUT2D eigenvalue weighted by Gasteiger charge is -2.36. The average Bonchev–Trinajstić information content (AvgIpc) is 3.03. The Balaban J connectivity index is 1.65. The molecular formula is C21H29N3O2. The Labute approximate surface area is 155 Å². The van der Waals surface area contributed by atoms with Gasteiger partial charge in [-0.1, -0.05) is 38.5 Å². The Kier molecular flexibility index (Phi) is 5.44. The summed E-state index contributed by atoms with van der Waals surface area (Å²) in [5.41, 5.74) is 3.29. The summed E-state index contributed by atoms with van der Waals surface area (Å²) in [7, 11) is 0. The third-order valence-electron chi connectivity index (χ3n) is 5.56. The SMILES string of the molecule is Cc1ccc(C)c(-c2n[nH]c(COC(=O)C3C(C)CC(C)CC3C)n2)c1. The minimum absolute atomic E-state index is 0.0207. The molecule has 1 aliphatic carbocycles. The lowest BCUT2D eigenvalue weighted by Crippen LogP contribution is -2.35. The third-order valence-corrected chi connectivity index (χ3v) is 5.56. The second kappa shape index (κ2) is 7.60. The van der Waals surface area contributed by atoms with E-state index in [2.05, 4.69) is 54.2 Å². The van der Waals surface area contributed by atoms with Crippen LogP contribution < -0.4 is 0 Å². The van der Waals surface area contributed by atoms with E-state index in [1.54, 1.807) is 0 Å². The van der Waals surface area contributed by atoms with Crippen molar-refractivity contribution >= 4 is 5.97 Å². The van der Waals surface area contributed by atoms with Gasteiger partial charge in [-0.05, 0) is 56.1 Å². The molecule has 0 bridgehead atoms. The zero-order chi connectivity index (χ0) is 18.8. The molecule has 1 N–H and O–H groups in total. The summed E-state index contributed by atoms with van der Waals surface area (Å²) in [5, 5.41) is 7.19. The molecule has 2 atom stereocenters. The Morgan fingerprint density at radius 3 is 2.58 bits per heavy atom. The van der Waals surface area contributed by atoms with Gasteiger partial charge in [0, 0.05) is 5.56 Å². The predicted molar refractivity (Wildman–Crippen MR) is 101 cm³/mol. The summed E-state index contributed by atoms with van der Waals surface area (Å²) in [6.07, 6.45) is 2.17. The number of carbonyl (C=O) groups is 1. The molecule has 5 heteroatoms. The number of carbonyl (C=O) groups excluding carboxylic acids is 1. The second-order valence-corrected chi connectivity index (χ2v) is 8.09. The van der Waals surface area contributed by atoms with Gasteiger partial charge in [-0.3, -0.25) is 9.89 Å². The summed E-state index contributed by atoms with van der Waals surface area (Å²) >= 11 is 0. The molecule has 1 saturated carbocycles. The number of rotatable bonds is 4. The van der Waals surface area contributed by atoms with E-state index in [0.717, 1.165) is 29.5 Å². The minimum atomic E-state index is -0.110. The highest BCUT2D eigenvalue weighted by Gasteiger charge is 2.37.